The lowest BCUT2D eigenvalue weighted by Crippen LogP contribution is -2.05. The number of nitrogens with zero attached hydrogens (tertiary/aromatic N) is 1. The Morgan fingerprint density at radius 1 is 1.60 bits per heavy atom. The van der Waals surface area contributed by atoms with Crippen molar-refractivity contribution in [2.75, 3.05) is 0 Å². The van der Waals surface area contributed by atoms with Crippen LogP contribution >= 0.6 is 0 Å². The van der Waals surface area contributed by atoms with Crippen LogP contribution < -0.4 is 0 Å². The fourth-order valence-corrected chi connectivity index (χ4v) is 0.778. The molecule has 0 bridgehead atoms. The van der Waals surface area contributed by atoms with Gasteiger partial charge in [-0.2, -0.15) is 5.10 Å². The third-order valence-corrected chi connectivity index (χ3v) is 1.46. The Balaban J connectivity index is 2.68. The van der Waals surface area contributed by atoms with Gasteiger partial charge in [-0.05, 0) is 12.0 Å². The third kappa shape index (κ3) is 1.36. The molecule has 1 unspecified atom stereocenters. The first-order valence-corrected chi connectivity index (χ1v) is 3.39. The first-order valence-electron chi connectivity index (χ1n) is 3.39. The molecular weight excluding hydrogens is 128 g/mol. The number of nitrogens with one attached hydrogen (secondary N) is 1. The molecule has 1 rings (SSSR count). The van der Waals surface area contributed by atoms with Gasteiger partial charge in [0.15, 0.2) is 0 Å². The Kier molecular flexibility index (Phi) is 2.06. The van der Waals surface area contributed by atoms with E-state index in [0.29, 0.717) is 0 Å². The standard InChI is InChI=1S/C7H12N2O/c1-5(2)7(10)6-3-4-8-9-6/h3-5,7,10H,1-2H3,(H,8,9). The minimum atomic E-state index is -0.439. The first-order chi connectivity index (χ1) is 4.72. The number of aromatic nitrogens is 2. The van der Waals surface area contributed by atoms with Crippen molar-refractivity contribution in [2.24, 2.45) is 5.92 Å². The number of aromatic amines is 1. The summed E-state index contributed by atoms with van der Waals surface area (Å²) in [7, 11) is 0. The van der Waals surface area contributed by atoms with Crippen molar-refractivity contribution >= 4 is 0 Å². The fraction of sp³-hybridized carbons (Fsp3) is 0.571. The van der Waals surface area contributed by atoms with Crippen LogP contribution in [0.4, 0.5) is 0 Å². The maximum absolute atomic E-state index is 9.40. The normalized spacial score (nSPS) is 14.0. The molecule has 56 valence electrons. The van der Waals surface area contributed by atoms with Crippen molar-refractivity contribution in [3.8, 4) is 0 Å². The summed E-state index contributed by atoms with van der Waals surface area (Å²) in [6.07, 6.45) is 1.27. The van der Waals surface area contributed by atoms with Gasteiger partial charge >= 0.3 is 0 Å². The molecule has 1 atom stereocenters. The van der Waals surface area contributed by atoms with Gasteiger partial charge in [0.05, 0.1) is 5.69 Å². The summed E-state index contributed by atoms with van der Waals surface area (Å²) in [5, 5.41) is 15.9. The summed E-state index contributed by atoms with van der Waals surface area (Å²) < 4.78 is 0. The quantitative estimate of drug-likeness (QED) is 0.646. The lowest BCUT2D eigenvalue weighted by atomic mass is 10.1. The molecule has 1 aromatic heterocycles. The fourth-order valence-electron chi connectivity index (χ4n) is 0.778. The highest BCUT2D eigenvalue weighted by Gasteiger charge is 2.12. The summed E-state index contributed by atoms with van der Waals surface area (Å²) in [5.74, 6) is 0.225. The molecule has 10 heavy (non-hydrogen) atoms. The van der Waals surface area contributed by atoms with Gasteiger partial charge in [-0.15, -0.1) is 0 Å². The van der Waals surface area contributed by atoms with Gasteiger partial charge in [-0.25, -0.2) is 0 Å². The van der Waals surface area contributed by atoms with E-state index < -0.39 is 6.10 Å². The Morgan fingerprint density at radius 2 is 2.30 bits per heavy atom. The Bertz CT molecular complexity index is 181. The minimum Gasteiger partial charge on any atom is -0.386 e. The molecule has 1 heterocycles. The molecule has 3 nitrogen and oxygen atoms in total. The number of hydrogen-bond donors (Lipinski definition) is 2. The number of hydrogen-bond acceptors (Lipinski definition) is 2. The summed E-state index contributed by atoms with van der Waals surface area (Å²) in [4.78, 5) is 0. The monoisotopic (exact) mass is 140 g/mol. The van der Waals surface area contributed by atoms with E-state index in [1.54, 1.807) is 12.3 Å². The molecule has 0 aliphatic rings. The van der Waals surface area contributed by atoms with Crippen molar-refractivity contribution in [3.05, 3.63) is 18.0 Å². The van der Waals surface area contributed by atoms with Crippen LogP contribution in [-0.4, -0.2) is 15.3 Å². The highest BCUT2D eigenvalue weighted by atomic mass is 16.3. The van der Waals surface area contributed by atoms with Crippen molar-refractivity contribution in [2.45, 2.75) is 20.0 Å². The van der Waals surface area contributed by atoms with Gasteiger partial charge < -0.3 is 5.11 Å². The van der Waals surface area contributed by atoms with Crippen molar-refractivity contribution in [3.63, 3.8) is 0 Å². The molecule has 0 saturated heterocycles. The summed E-state index contributed by atoms with van der Waals surface area (Å²) in [5.41, 5.74) is 0.718. The van der Waals surface area contributed by atoms with E-state index in [9.17, 15) is 5.11 Å². The van der Waals surface area contributed by atoms with Crippen molar-refractivity contribution < 1.29 is 5.11 Å². The average molecular weight is 140 g/mol. The molecule has 2 N–H and O–H groups in total. The van der Waals surface area contributed by atoms with Crippen LogP contribution in [0.15, 0.2) is 12.3 Å². The summed E-state index contributed by atoms with van der Waals surface area (Å²) in [6, 6.07) is 1.78. The molecule has 0 saturated carbocycles. The van der Waals surface area contributed by atoms with Crippen LogP contribution in [0, 0.1) is 5.92 Å². The van der Waals surface area contributed by atoms with Gasteiger partial charge in [0.2, 0.25) is 0 Å². The Labute approximate surface area is 60.1 Å². The second kappa shape index (κ2) is 2.84. The van der Waals surface area contributed by atoms with Gasteiger partial charge in [0.25, 0.3) is 0 Å². The maximum Gasteiger partial charge on any atom is 0.100 e. The van der Waals surface area contributed by atoms with Crippen molar-refractivity contribution in [1.82, 2.24) is 10.2 Å². The Morgan fingerprint density at radius 3 is 2.70 bits per heavy atom. The van der Waals surface area contributed by atoms with Crippen LogP contribution in [0.5, 0.6) is 0 Å². The smallest absolute Gasteiger partial charge is 0.100 e. The van der Waals surface area contributed by atoms with Gasteiger partial charge in [0, 0.05) is 6.20 Å². The van der Waals surface area contributed by atoms with E-state index in [-0.39, 0.29) is 5.92 Å². The third-order valence-electron chi connectivity index (χ3n) is 1.46. The maximum atomic E-state index is 9.40. The summed E-state index contributed by atoms with van der Waals surface area (Å²) >= 11 is 0. The van der Waals surface area contributed by atoms with Gasteiger partial charge in [0.1, 0.15) is 6.10 Å². The van der Waals surface area contributed by atoms with E-state index in [1.165, 1.54) is 0 Å². The highest BCUT2D eigenvalue weighted by Crippen LogP contribution is 2.17. The zero-order valence-corrected chi connectivity index (χ0v) is 6.20. The lowest BCUT2D eigenvalue weighted by Gasteiger charge is -2.10. The van der Waals surface area contributed by atoms with E-state index in [1.807, 2.05) is 13.8 Å². The van der Waals surface area contributed by atoms with Crippen molar-refractivity contribution in [1.29, 1.82) is 0 Å². The number of aliphatic hydroxyl groups excluding tert-OH is 1. The molecule has 0 aromatic carbocycles. The number of rotatable bonds is 2. The molecule has 0 radical (unpaired) electrons. The molecule has 3 heteroatoms. The second-order valence-electron chi connectivity index (χ2n) is 2.69. The molecule has 1 aromatic rings. The zero-order valence-electron chi connectivity index (χ0n) is 6.20. The zero-order chi connectivity index (χ0) is 7.56. The summed E-state index contributed by atoms with van der Waals surface area (Å²) in [6.45, 7) is 3.92. The van der Waals surface area contributed by atoms with Crippen LogP contribution in [0.3, 0.4) is 0 Å². The second-order valence-corrected chi connectivity index (χ2v) is 2.69. The number of H-pyrrole nitrogens is 1. The molecule has 0 aliphatic carbocycles. The number of aliphatic hydroxyl groups is 1. The lowest BCUT2D eigenvalue weighted by molar-refractivity contribution is 0.122. The van der Waals surface area contributed by atoms with Crippen LogP contribution in [-0.2, 0) is 0 Å². The topological polar surface area (TPSA) is 48.9 Å². The molecular formula is C7H12N2O. The van der Waals surface area contributed by atoms with Crippen LogP contribution in [0.2, 0.25) is 0 Å². The Hall–Kier alpha value is -0.830. The van der Waals surface area contributed by atoms with Crippen LogP contribution in [0.25, 0.3) is 0 Å². The molecule has 0 fully saturated rings. The molecule has 0 aliphatic heterocycles. The highest BCUT2D eigenvalue weighted by molar-refractivity contribution is 5.01. The molecule has 0 amide bonds. The predicted octanol–water partition coefficient (Wildman–Crippen LogP) is 1.10. The SMILES string of the molecule is CC(C)C(O)c1cc[nH]n1. The van der Waals surface area contributed by atoms with E-state index in [4.69, 9.17) is 0 Å². The largest absolute Gasteiger partial charge is 0.386 e. The first kappa shape index (κ1) is 7.28. The van der Waals surface area contributed by atoms with E-state index in [0.717, 1.165) is 5.69 Å². The van der Waals surface area contributed by atoms with Crippen LogP contribution in [0.1, 0.15) is 25.6 Å². The predicted molar refractivity (Wildman–Crippen MR) is 38.4 cm³/mol. The molecule has 0 spiro atoms. The van der Waals surface area contributed by atoms with E-state index >= 15 is 0 Å². The minimum absolute atomic E-state index is 0.225. The van der Waals surface area contributed by atoms with E-state index in [2.05, 4.69) is 10.2 Å². The average Bonchev–Trinajstić information content (AvgIpc) is 2.36. The van der Waals surface area contributed by atoms with Gasteiger partial charge in [-0.1, -0.05) is 13.8 Å². The van der Waals surface area contributed by atoms with Gasteiger partial charge in [-0.3, -0.25) is 5.10 Å².